The maximum atomic E-state index is 13.3. The summed E-state index contributed by atoms with van der Waals surface area (Å²) in [5.74, 6) is 0.355. The van der Waals surface area contributed by atoms with E-state index < -0.39 is 0 Å². The molecular formula is C23H26FN3O3S. The summed E-state index contributed by atoms with van der Waals surface area (Å²) in [7, 11) is 0. The summed E-state index contributed by atoms with van der Waals surface area (Å²) in [4.78, 5) is 22.1. The van der Waals surface area contributed by atoms with E-state index in [0.717, 1.165) is 41.2 Å². The molecule has 2 heterocycles. The number of fused-ring (bicyclic) bond motifs is 1. The highest BCUT2D eigenvalue weighted by Crippen LogP contribution is 2.34. The lowest BCUT2D eigenvalue weighted by Gasteiger charge is -2.29. The van der Waals surface area contributed by atoms with E-state index in [0.29, 0.717) is 31.5 Å². The second-order valence-corrected chi connectivity index (χ2v) is 8.34. The van der Waals surface area contributed by atoms with Gasteiger partial charge in [0, 0.05) is 26.2 Å². The molecule has 6 nitrogen and oxygen atoms in total. The fourth-order valence-corrected chi connectivity index (χ4v) is 4.59. The molecule has 0 spiro atoms. The first kappa shape index (κ1) is 21.7. The summed E-state index contributed by atoms with van der Waals surface area (Å²) in [6, 6.07) is 11.9. The number of hydrogen-bond acceptors (Lipinski definition) is 6. The monoisotopic (exact) mass is 443 g/mol. The van der Waals surface area contributed by atoms with Crippen molar-refractivity contribution in [1.29, 1.82) is 0 Å². The van der Waals surface area contributed by atoms with Gasteiger partial charge in [-0.15, -0.1) is 0 Å². The van der Waals surface area contributed by atoms with Gasteiger partial charge in [0.15, 0.2) is 5.13 Å². The number of para-hydroxylation sites is 1. The number of ether oxygens (including phenoxy) is 2. The lowest BCUT2D eigenvalue weighted by molar-refractivity contribution is -0.118. The topological polar surface area (TPSA) is 54.9 Å². The number of anilines is 1. The van der Waals surface area contributed by atoms with E-state index in [9.17, 15) is 9.18 Å². The molecule has 4 rings (SSSR count). The average molecular weight is 444 g/mol. The van der Waals surface area contributed by atoms with Crippen LogP contribution < -0.4 is 9.64 Å². The van der Waals surface area contributed by atoms with Crippen LogP contribution in [0.15, 0.2) is 42.5 Å². The van der Waals surface area contributed by atoms with Gasteiger partial charge >= 0.3 is 0 Å². The van der Waals surface area contributed by atoms with Crippen molar-refractivity contribution >= 4 is 32.6 Å². The van der Waals surface area contributed by atoms with Crippen molar-refractivity contribution in [2.75, 3.05) is 50.9 Å². The molecule has 1 amide bonds. The van der Waals surface area contributed by atoms with Crippen molar-refractivity contribution in [3.63, 3.8) is 0 Å². The minimum atomic E-state index is -0.310. The summed E-state index contributed by atoms with van der Waals surface area (Å²) in [6.07, 6.45) is 0.192. The minimum absolute atomic E-state index is 0.0584. The van der Waals surface area contributed by atoms with Crippen LogP contribution in [0, 0.1) is 5.82 Å². The molecule has 0 N–H and O–H groups in total. The zero-order chi connectivity index (χ0) is 21.6. The molecule has 0 unspecified atom stereocenters. The summed E-state index contributed by atoms with van der Waals surface area (Å²) < 4.78 is 25.4. The molecule has 0 saturated carbocycles. The molecule has 1 fully saturated rings. The van der Waals surface area contributed by atoms with Crippen LogP contribution in [0.5, 0.6) is 5.75 Å². The highest BCUT2D eigenvalue weighted by Gasteiger charge is 2.22. The zero-order valence-electron chi connectivity index (χ0n) is 17.6. The number of thiazole rings is 1. The Kier molecular flexibility index (Phi) is 7.11. The second-order valence-electron chi connectivity index (χ2n) is 7.33. The number of halogens is 1. The van der Waals surface area contributed by atoms with Gasteiger partial charge in [-0.3, -0.25) is 14.6 Å². The third-order valence-electron chi connectivity index (χ3n) is 5.21. The smallest absolute Gasteiger partial charge is 0.233 e. The number of carbonyl (C=O) groups is 1. The number of benzene rings is 2. The summed E-state index contributed by atoms with van der Waals surface area (Å²) in [5.41, 5.74) is 1.55. The number of hydrogen-bond donors (Lipinski definition) is 0. The Morgan fingerprint density at radius 2 is 2.00 bits per heavy atom. The minimum Gasteiger partial charge on any atom is -0.492 e. The largest absolute Gasteiger partial charge is 0.492 e. The van der Waals surface area contributed by atoms with Gasteiger partial charge in [0.2, 0.25) is 5.91 Å². The molecule has 0 bridgehead atoms. The lowest BCUT2D eigenvalue weighted by atomic mass is 10.1. The Bertz CT molecular complexity index is 1020. The van der Waals surface area contributed by atoms with Gasteiger partial charge in [-0.2, -0.15) is 0 Å². The maximum Gasteiger partial charge on any atom is 0.233 e. The fraction of sp³-hybridized carbons (Fsp3) is 0.391. The van der Waals surface area contributed by atoms with Crippen LogP contribution in [0.4, 0.5) is 9.52 Å². The van der Waals surface area contributed by atoms with Crippen LogP contribution in [0.3, 0.4) is 0 Å². The summed E-state index contributed by atoms with van der Waals surface area (Å²) in [5, 5.41) is 0.655. The van der Waals surface area contributed by atoms with E-state index in [1.807, 2.05) is 25.1 Å². The normalized spacial score (nSPS) is 14.6. The van der Waals surface area contributed by atoms with Crippen molar-refractivity contribution in [3.05, 3.63) is 53.8 Å². The molecule has 8 heteroatoms. The van der Waals surface area contributed by atoms with Gasteiger partial charge in [0.05, 0.1) is 30.9 Å². The van der Waals surface area contributed by atoms with Gasteiger partial charge in [-0.1, -0.05) is 29.5 Å². The number of nitrogens with zero attached hydrogens (tertiary/aromatic N) is 3. The van der Waals surface area contributed by atoms with Crippen LogP contribution in [0.25, 0.3) is 10.2 Å². The first-order valence-electron chi connectivity index (χ1n) is 10.5. The molecule has 1 saturated heterocycles. The van der Waals surface area contributed by atoms with E-state index in [-0.39, 0.29) is 18.1 Å². The summed E-state index contributed by atoms with van der Waals surface area (Å²) in [6.45, 7) is 6.90. The van der Waals surface area contributed by atoms with Crippen LogP contribution >= 0.6 is 11.3 Å². The Morgan fingerprint density at radius 1 is 1.23 bits per heavy atom. The number of morpholine rings is 1. The maximum absolute atomic E-state index is 13.3. The third-order valence-corrected chi connectivity index (χ3v) is 6.26. The Morgan fingerprint density at radius 3 is 2.74 bits per heavy atom. The Hall–Kier alpha value is -2.55. The lowest BCUT2D eigenvalue weighted by Crippen LogP contribution is -2.43. The van der Waals surface area contributed by atoms with Crippen molar-refractivity contribution in [1.82, 2.24) is 9.88 Å². The summed E-state index contributed by atoms with van der Waals surface area (Å²) >= 11 is 1.48. The van der Waals surface area contributed by atoms with E-state index in [2.05, 4.69) is 4.90 Å². The average Bonchev–Trinajstić information content (AvgIpc) is 3.21. The van der Waals surface area contributed by atoms with Gasteiger partial charge in [0.25, 0.3) is 0 Å². The van der Waals surface area contributed by atoms with E-state index in [4.69, 9.17) is 14.5 Å². The van der Waals surface area contributed by atoms with Crippen molar-refractivity contribution < 1.29 is 18.7 Å². The van der Waals surface area contributed by atoms with E-state index in [1.54, 1.807) is 17.0 Å². The van der Waals surface area contributed by atoms with Crippen LogP contribution in [-0.4, -0.2) is 61.8 Å². The Labute approximate surface area is 185 Å². The molecule has 0 aliphatic carbocycles. The molecular weight excluding hydrogens is 417 g/mol. The van der Waals surface area contributed by atoms with Crippen molar-refractivity contribution in [2.24, 2.45) is 0 Å². The predicted molar refractivity (Wildman–Crippen MR) is 121 cm³/mol. The van der Waals surface area contributed by atoms with Crippen molar-refractivity contribution in [3.8, 4) is 5.75 Å². The predicted octanol–water partition coefficient (Wildman–Crippen LogP) is 3.74. The molecule has 164 valence electrons. The molecule has 2 aromatic carbocycles. The SMILES string of the molecule is CCOc1cccc2sc(N(CCN3CCOCC3)C(=O)Cc3ccc(F)cc3)nc12. The van der Waals surface area contributed by atoms with E-state index in [1.165, 1.54) is 23.5 Å². The van der Waals surface area contributed by atoms with Gasteiger partial charge in [0.1, 0.15) is 17.1 Å². The number of carbonyl (C=O) groups excluding carboxylic acids is 1. The number of rotatable bonds is 8. The first-order valence-corrected chi connectivity index (χ1v) is 11.3. The first-order chi connectivity index (χ1) is 15.1. The highest BCUT2D eigenvalue weighted by atomic mass is 32.1. The second kappa shape index (κ2) is 10.2. The molecule has 1 aromatic heterocycles. The fourth-order valence-electron chi connectivity index (χ4n) is 3.56. The van der Waals surface area contributed by atoms with Gasteiger partial charge < -0.3 is 9.47 Å². The van der Waals surface area contributed by atoms with Crippen LogP contribution in [0.2, 0.25) is 0 Å². The molecule has 0 radical (unpaired) electrons. The quantitative estimate of drug-likeness (QED) is 0.531. The zero-order valence-corrected chi connectivity index (χ0v) is 18.4. The number of aromatic nitrogens is 1. The number of amides is 1. The van der Waals surface area contributed by atoms with Crippen molar-refractivity contribution in [2.45, 2.75) is 13.3 Å². The molecule has 0 atom stereocenters. The van der Waals surface area contributed by atoms with Gasteiger partial charge in [-0.25, -0.2) is 9.37 Å². The van der Waals surface area contributed by atoms with Crippen LogP contribution in [-0.2, 0) is 16.0 Å². The molecule has 1 aliphatic heterocycles. The van der Waals surface area contributed by atoms with Gasteiger partial charge in [-0.05, 0) is 36.8 Å². The molecule has 31 heavy (non-hydrogen) atoms. The standard InChI is InChI=1S/C23H26FN3O3S/c1-2-30-19-4-3-5-20-22(19)25-23(31-20)27(11-10-26-12-14-29-15-13-26)21(28)16-17-6-8-18(24)9-7-17/h3-9H,2,10-16H2,1H3. The highest BCUT2D eigenvalue weighted by molar-refractivity contribution is 7.22. The van der Waals surface area contributed by atoms with Crippen LogP contribution in [0.1, 0.15) is 12.5 Å². The molecule has 1 aliphatic rings. The Balaban J connectivity index is 1.59. The third kappa shape index (κ3) is 5.39. The molecule has 3 aromatic rings. The van der Waals surface area contributed by atoms with E-state index >= 15 is 0 Å².